The van der Waals surface area contributed by atoms with Crippen LogP contribution >= 0.6 is 0 Å². The van der Waals surface area contributed by atoms with Gasteiger partial charge in [0, 0.05) is 12.2 Å². The van der Waals surface area contributed by atoms with Crippen LogP contribution in [0.15, 0.2) is 36.4 Å². The Labute approximate surface area is 157 Å². The molecule has 0 bridgehead atoms. The molecule has 1 aliphatic heterocycles. The van der Waals surface area contributed by atoms with Crippen LogP contribution in [0.2, 0.25) is 0 Å². The third-order valence-corrected chi connectivity index (χ3v) is 4.24. The zero-order chi connectivity index (χ0) is 19.4. The van der Waals surface area contributed by atoms with E-state index in [1.54, 1.807) is 18.2 Å². The second-order valence-electron chi connectivity index (χ2n) is 6.43. The summed E-state index contributed by atoms with van der Waals surface area (Å²) in [6.07, 6.45) is 0. The Kier molecular flexibility index (Phi) is 5.61. The molecule has 0 saturated heterocycles. The van der Waals surface area contributed by atoms with Crippen molar-refractivity contribution in [1.82, 2.24) is 4.90 Å². The van der Waals surface area contributed by atoms with Gasteiger partial charge in [-0.1, -0.05) is 12.1 Å². The predicted molar refractivity (Wildman–Crippen MR) is 100 cm³/mol. The van der Waals surface area contributed by atoms with Crippen molar-refractivity contribution in [3.63, 3.8) is 0 Å². The molecule has 0 unspecified atom stereocenters. The van der Waals surface area contributed by atoms with Crippen LogP contribution < -0.4 is 14.8 Å². The van der Waals surface area contributed by atoms with Crippen LogP contribution in [0.4, 0.5) is 5.69 Å². The van der Waals surface area contributed by atoms with Gasteiger partial charge in [0.1, 0.15) is 0 Å². The second-order valence-corrected chi connectivity index (χ2v) is 6.43. The minimum atomic E-state index is -0.439. The van der Waals surface area contributed by atoms with Crippen molar-refractivity contribution >= 4 is 17.6 Å². The molecule has 0 aliphatic carbocycles. The van der Waals surface area contributed by atoms with E-state index in [-0.39, 0.29) is 19.2 Å². The van der Waals surface area contributed by atoms with E-state index in [1.165, 1.54) is 7.11 Å². The molecule has 27 heavy (non-hydrogen) atoms. The third kappa shape index (κ3) is 4.57. The largest absolute Gasteiger partial charge is 0.465 e. The summed E-state index contributed by atoms with van der Waals surface area (Å²) >= 11 is 0. The van der Waals surface area contributed by atoms with Crippen molar-refractivity contribution < 1.29 is 23.8 Å². The molecule has 3 rings (SSSR count). The summed E-state index contributed by atoms with van der Waals surface area (Å²) in [4.78, 5) is 25.9. The summed E-state index contributed by atoms with van der Waals surface area (Å²) < 4.78 is 15.4. The molecular weight excluding hydrogens is 348 g/mol. The molecule has 2 aromatic carbocycles. The topological polar surface area (TPSA) is 77.1 Å². The number of nitrogens with zero attached hydrogens (tertiary/aromatic N) is 1. The van der Waals surface area contributed by atoms with Crippen molar-refractivity contribution in [2.45, 2.75) is 13.5 Å². The van der Waals surface area contributed by atoms with Gasteiger partial charge in [0.25, 0.3) is 0 Å². The van der Waals surface area contributed by atoms with Gasteiger partial charge >= 0.3 is 5.97 Å². The third-order valence-electron chi connectivity index (χ3n) is 4.24. The Bertz CT molecular complexity index is 865. The number of aryl methyl sites for hydroxylation is 1. The molecule has 1 N–H and O–H groups in total. The first-order valence-electron chi connectivity index (χ1n) is 8.52. The number of hydrogen-bond donors (Lipinski definition) is 1. The highest BCUT2D eigenvalue weighted by Gasteiger charge is 2.15. The maximum Gasteiger partial charge on any atom is 0.337 e. The number of amides is 1. The number of benzene rings is 2. The van der Waals surface area contributed by atoms with Gasteiger partial charge in [-0.3, -0.25) is 9.69 Å². The number of likely N-dealkylation sites (N-methyl/N-ethyl adjacent to an activating group) is 1. The second kappa shape index (κ2) is 8.09. The van der Waals surface area contributed by atoms with Crippen LogP contribution in [0.25, 0.3) is 0 Å². The SMILES string of the molecule is COC(=O)c1ccc(C)c(NC(=O)CN(C)Cc2ccc3c(c2)OCO3)c1. The minimum Gasteiger partial charge on any atom is -0.465 e. The molecule has 2 aromatic rings. The van der Waals surface area contributed by atoms with Gasteiger partial charge in [-0.25, -0.2) is 4.79 Å². The summed E-state index contributed by atoms with van der Waals surface area (Å²) in [5, 5.41) is 2.85. The number of esters is 1. The first-order chi connectivity index (χ1) is 13.0. The summed E-state index contributed by atoms with van der Waals surface area (Å²) in [5.41, 5.74) is 2.89. The summed E-state index contributed by atoms with van der Waals surface area (Å²) in [6.45, 7) is 2.90. The number of carbonyl (C=O) groups is 2. The van der Waals surface area contributed by atoms with E-state index >= 15 is 0 Å². The molecule has 142 valence electrons. The average Bonchev–Trinajstić information content (AvgIpc) is 3.10. The van der Waals surface area contributed by atoms with Gasteiger partial charge in [-0.2, -0.15) is 0 Å². The van der Waals surface area contributed by atoms with E-state index in [2.05, 4.69) is 5.32 Å². The Hall–Kier alpha value is -3.06. The van der Waals surface area contributed by atoms with Gasteiger partial charge in [-0.05, 0) is 49.4 Å². The van der Waals surface area contributed by atoms with Crippen LogP contribution in [0.5, 0.6) is 11.5 Å². The highest BCUT2D eigenvalue weighted by atomic mass is 16.7. The monoisotopic (exact) mass is 370 g/mol. The predicted octanol–water partition coefficient (Wildman–Crippen LogP) is 2.58. The first-order valence-corrected chi connectivity index (χ1v) is 8.52. The average molecular weight is 370 g/mol. The molecule has 7 nitrogen and oxygen atoms in total. The molecule has 1 heterocycles. The van der Waals surface area contributed by atoms with Crippen LogP contribution in [0.3, 0.4) is 0 Å². The first kappa shape index (κ1) is 18.7. The van der Waals surface area contributed by atoms with E-state index in [0.717, 1.165) is 22.6 Å². The van der Waals surface area contributed by atoms with E-state index in [1.807, 2.05) is 37.1 Å². The fourth-order valence-corrected chi connectivity index (χ4v) is 2.84. The van der Waals surface area contributed by atoms with E-state index in [0.29, 0.717) is 17.8 Å². The quantitative estimate of drug-likeness (QED) is 0.788. The van der Waals surface area contributed by atoms with E-state index < -0.39 is 5.97 Å². The molecule has 0 radical (unpaired) electrons. The molecule has 0 fully saturated rings. The van der Waals surface area contributed by atoms with Gasteiger partial charge in [0.2, 0.25) is 12.7 Å². The Morgan fingerprint density at radius 2 is 1.93 bits per heavy atom. The zero-order valence-electron chi connectivity index (χ0n) is 15.6. The number of ether oxygens (including phenoxy) is 3. The van der Waals surface area contributed by atoms with Crippen molar-refractivity contribution in [3.8, 4) is 11.5 Å². The van der Waals surface area contributed by atoms with Gasteiger partial charge < -0.3 is 19.5 Å². The minimum absolute atomic E-state index is 0.164. The molecule has 0 atom stereocenters. The van der Waals surface area contributed by atoms with E-state index in [9.17, 15) is 9.59 Å². The van der Waals surface area contributed by atoms with Crippen LogP contribution in [-0.4, -0.2) is 44.3 Å². The lowest BCUT2D eigenvalue weighted by Gasteiger charge is -2.17. The Balaban J connectivity index is 1.59. The van der Waals surface area contributed by atoms with Crippen molar-refractivity contribution in [3.05, 3.63) is 53.1 Å². The fraction of sp³-hybridized carbons (Fsp3) is 0.300. The highest BCUT2D eigenvalue weighted by Crippen LogP contribution is 2.32. The summed E-state index contributed by atoms with van der Waals surface area (Å²) in [6, 6.07) is 10.8. The Morgan fingerprint density at radius 3 is 2.70 bits per heavy atom. The van der Waals surface area contributed by atoms with Gasteiger partial charge in [-0.15, -0.1) is 0 Å². The fourth-order valence-electron chi connectivity index (χ4n) is 2.84. The summed E-state index contributed by atoms with van der Waals surface area (Å²) in [7, 11) is 3.19. The number of fused-ring (bicyclic) bond motifs is 1. The maximum atomic E-state index is 12.4. The van der Waals surface area contributed by atoms with Crippen LogP contribution in [-0.2, 0) is 16.1 Å². The molecule has 7 heteroatoms. The standard InChI is InChI=1S/C20H22N2O5/c1-13-4-6-15(20(24)25-3)9-16(13)21-19(23)11-22(2)10-14-5-7-17-18(8-14)27-12-26-17/h4-9H,10-12H2,1-3H3,(H,21,23). The lowest BCUT2D eigenvalue weighted by Crippen LogP contribution is -2.30. The highest BCUT2D eigenvalue weighted by molar-refractivity contribution is 5.96. The molecular formula is C20H22N2O5. The number of methoxy groups -OCH3 is 1. The van der Waals surface area contributed by atoms with Crippen molar-refractivity contribution in [2.24, 2.45) is 0 Å². The van der Waals surface area contributed by atoms with Crippen molar-refractivity contribution in [2.75, 3.05) is 32.8 Å². The number of carbonyl (C=O) groups excluding carboxylic acids is 2. The molecule has 0 spiro atoms. The van der Waals surface area contributed by atoms with Crippen LogP contribution in [0.1, 0.15) is 21.5 Å². The number of rotatable bonds is 6. The lowest BCUT2D eigenvalue weighted by molar-refractivity contribution is -0.117. The Morgan fingerprint density at radius 1 is 1.15 bits per heavy atom. The maximum absolute atomic E-state index is 12.4. The van der Waals surface area contributed by atoms with Gasteiger partial charge in [0.05, 0.1) is 19.2 Å². The van der Waals surface area contributed by atoms with Crippen molar-refractivity contribution in [1.29, 1.82) is 0 Å². The zero-order valence-corrected chi connectivity index (χ0v) is 15.6. The number of hydrogen-bond acceptors (Lipinski definition) is 6. The molecule has 0 aromatic heterocycles. The van der Waals surface area contributed by atoms with Gasteiger partial charge in [0.15, 0.2) is 11.5 Å². The van der Waals surface area contributed by atoms with Crippen LogP contribution in [0, 0.1) is 6.92 Å². The smallest absolute Gasteiger partial charge is 0.337 e. The molecule has 1 amide bonds. The molecule has 0 saturated carbocycles. The normalized spacial score (nSPS) is 12.1. The summed E-state index contributed by atoms with van der Waals surface area (Å²) in [5.74, 6) is 0.856. The lowest BCUT2D eigenvalue weighted by atomic mass is 10.1. The molecule has 1 aliphatic rings. The number of nitrogens with one attached hydrogen (secondary N) is 1. The number of anilines is 1. The van der Waals surface area contributed by atoms with E-state index in [4.69, 9.17) is 14.2 Å².